The zero-order chi connectivity index (χ0) is 13.6. The predicted molar refractivity (Wildman–Crippen MR) is 76.3 cm³/mol. The van der Waals surface area contributed by atoms with Crippen LogP contribution in [0.15, 0.2) is 0 Å². The monoisotopic (exact) mass is 254 g/mol. The fourth-order valence-corrected chi connectivity index (χ4v) is 3.24. The van der Waals surface area contributed by atoms with Crippen molar-refractivity contribution in [1.82, 2.24) is 4.90 Å². The molecule has 0 unspecified atom stereocenters. The zero-order valence-corrected chi connectivity index (χ0v) is 12.4. The zero-order valence-electron chi connectivity index (χ0n) is 12.4. The van der Waals surface area contributed by atoms with Gasteiger partial charge in [0.05, 0.1) is 0 Å². The molecule has 3 heteroatoms. The summed E-state index contributed by atoms with van der Waals surface area (Å²) >= 11 is 0. The van der Waals surface area contributed by atoms with Crippen molar-refractivity contribution in [3.8, 4) is 0 Å². The molecular weight excluding hydrogens is 224 g/mol. The molecular formula is C15H30N2O. The van der Waals surface area contributed by atoms with E-state index < -0.39 is 0 Å². The van der Waals surface area contributed by atoms with Crippen molar-refractivity contribution in [2.75, 3.05) is 13.6 Å². The maximum absolute atomic E-state index is 12.4. The number of hydrogen-bond acceptors (Lipinski definition) is 2. The van der Waals surface area contributed by atoms with Crippen LogP contribution in [0.25, 0.3) is 0 Å². The van der Waals surface area contributed by atoms with Gasteiger partial charge in [0, 0.05) is 19.5 Å². The molecule has 1 fully saturated rings. The van der Waals surface area contributed by atoms with E-state index in [9.17, 15) is 4.79 Å². The molecule has 0 atom stereocenters. The van der Waals surface area contributed by atoms with Gasteiger partial charge in [0.25, 0.3) is 0 Å². The van der Waals surface area contributed by atoms with E-state index in [1.54, 1.807) is 0 Å². The van der Waals surface area contributed by atoms with E-state index in [2.05, 4.69) is 13.8 Å². The molecule has 1 rings (SSSR count). The molecule has 0 heterocycles. The minimum absolute atomic E-state index is 0.0929. The van der Waals surface area contributed by atoms with E-state index in [1.807, 2.05) is 11.9 Å². The van der Waals surface area contributed by atoms with Crippen molar-refractivity contribution in [2.45, 2.75) is 71.3 Å². The Bertz CT molecular complexity index is 255. The van der Waals surface area contributed by atoms with Gasteiger partial charge in [0.2, 0.25) is 5.91 Å². The Hall–Kier alpha value is -0.570. The molecule has 0 saturated heterocycles. The average Bonchev–Trinajstić information content (AvgIpc) is 2.41. The maximum atomic E-state index is 12.4. The lowest BCUT2D eigenvalue weighted by Gasteiger charge is -2.38. The van der Waals surface area contributed by atoms with Crippen LogP contribution in [0.4, 0.5) is 0 Å². The fourth-order valence-electron chi connectivity index (χ4n) is 3.24. The number of carbonyl (C=O) groups excluding carboxylic acids is 1. The minimum Gasteiger partial charge on any atom is -0.343 e. The maximum Gasteiger partial charge on any atom is 0.223 e. The third-order valence-corrected chi connectivity index (χ3v) is 4.76. The van der Waals surface area contributed by atoms with E-state index in [0.717, 1.165) is 25.7 Å². The molecule has 0 radical (unpaired) electrons. The lowest BCUT2D eigenvalue weighted by Crippen LogP contribution is -2.42. The van der Waals surface area contributed by atoms with Gasteiger partial charge in [-0.15, -0.1) is 0 Å². The van der Waals surface area contributed by atoms with Crippen LogP contribution in [0.5, 0.6) is 0 Å². The highest BCUT2D eigenvalue weighted by Crippen LogP contribution is 2.38. The van der Waals surface area contributed by atoms with Gasteiger partial charge in [-0.3, -0.25) is 4.79 Å². The topological polar surface area (TPSA) is 46.3 Å². The Morgan fingerprint density at radius 3 is 2.22 bits per heavy atom. The Morgan fingerprint density at radius 1 is 1.22 bits per heavy atom. The number of nitrogens with two attached hydrogens (primary N) is 1. The van der Waals surface area contributed by atoms with Crippen molar-refractivity contribution in [3.63, 3.8) is 0 Å². The van der Waals surface area contributed by atoms with Crippen LogP contribution >= 0.6 is 0 Å². The van der Waals surface area contributed by atoms with Crippen molar-refractivity contribution >= 4 is 5.91 Å². The van der Waals surface area contributed by atoms with E-state index >= 15 is 0 Å². The van der Waals surface area contributed by atoms with Crippen molar-refractivity contribution in [2.24, 2.45) is 11.1 Å². The smallest absolute Gasteiger partial charge is 0.223 e. The lowest BCUT2D eigenvalue weighted by atomic mass is 9.71. The Labute approximate surface area is 112 Å². The molecule has 0 aromatic rings. The van der Waals surface area contributed by atoms with Crippen LogP contribution in [-0.4, -0.2) is 30.4 Å². The van der Waals surface area contributed by atoms with Gasteiger partial charge in [0.15, 0.2) is 0 Å². The van der Waals surface area contributed by atoms with Crippen LogP contribution < -0.4 is 5.73 Å². The first-order valence-corrected chi connectivity index (χ1v) is 7.54. The van der Waals surface area contributed by atoms with E-state index in [0.29, 0.717) is 19.0 Å². The summed E-state index contributed by atoms with van der Waals surface area (Å²) in [7, 11) is 1.95. The molecule has 0 bridgehead atoms. The number of hydrogen-bond donors (Lipinski definition) is 1. The van der Waals surface area contributed by atoms with Gasteiger partial charge in [0.1, 0.15) is 0 Å². The Morgan fingerprint density at radius 2 is 1.78 bits per heavy atom. The summed E-state index contributed by atoms with van der Waals surface area (Å²) in [5, 5.41) is 0. The molecule has 1 aliphatic carbocycles. The predicted octanol–water partition coefficient (Wildman–Crippen LogP) is 2.93. The molecule has 1 amide bonds. The summed E-state index contributed by atoms with van der Waals surface area (Å²) in [6, 6.07) is 0.385. The molecule has 2 N–H and O–H groups in total. The van der Waals surface area contributed by atoms with E-state index in [1.165, 1.54) is 19.3 Å². The SMILES string of the molecule is CCC(CC)N(C)C(=O)CC1(CN)CCCCC1. The molecule has 1 aliphatic rings. The number of carbonyl (C=O) groups is 1. The van der Waals surface area contributed by atoms with Crippen LogP contribution in [0.1, 0.15) is 65.2 Å². The third-order valence-electron chi connectivity index (χ3n) is 4.76. The molecule has 0 aliphatic heterocycles. The molecule has 0 aromatic carbocycles. The van der Waals surface area contributed by atoms with E-state index in [-0.39, 0.29) is 11.3 Å². The summed E-state index contributed by atoms with van der Waals surface area (Å²) in [4.78, 5) is 14.4. The Balaban J connectivity index is 2.61. The first-order chi connectivity index (χ1) is 8.58. The van der Waals surface area contributed by atoms with Crippen molar-refractivity contribution in [1.29, 1.82) is 0 Å². The molecule has 3 nitrogen and oxygen atoms in total. The first kappa shape index (κ1) is 15.5. The van der Waals surface area contributed by atoms with Crippen molar-refractivity contribution < 1.29 is 4.79 Å². The largest absolute Gasteiger partial charge is 0.343 e. The first-order valence-electron chi connectivity index (χ1n) is 7.54. The molecule has 1 saturated carbocycles. The van der Waals surface area contributed by atoms with E-state index in [4.69, 9.17) is 5.73 Å². The van der Waals surface area contributed by atoms with Crippen LogP contribution in [0.2, 0.25) is 0 Å². The molecule has 0 aromatic heterocycles. The van der Waals surface area contributed by atoms with Gasteiger partial charge in [-0.2, -0.15) is 0 Å². The van der Waals surface area contributed by atoms with Gasteiger partial charge < -0.3 is 10.6 Å². The standard InChI is InChI=1S/C15H30N2O/c1-4-13(5-2)17(3)14(18)11-15(12-16)9-7-6-8-10-15/h13H,4-12,16H2,1-3H3. The molecule has 18 heavy (non-hydrogen) atoms. The van der Waals surface area contributed by atoms with Gasteiger partial charge in [-0.25, -0.2) is 0 Å². The second-order valence-corrected chi connectivity index (χ2v) is 5.92. The highest BCUT2D eigenvalue weighted by atomic mass is 16.2. The quantitative estimate of drug-likeness (QED) is 0.792. The Kier molecular flexibility index (Phi) is 6.13. The second kappa shape index (κ2) is 7.13. The summed E-state index contributed by atoms with van der Waals surface area (Å²) in [5.41, 5.74) is 6.05. The highest BCUT2D eigenvalue weighted by Gasteiger charge is 2.34. The molecule has 106 valence electrons. The number of nitrogens with zero attached hydrogens (tertiary/aromatic N) is 1. The average molecular weight is 254 g/mol. The van der Waals surface area contributed by atoms with Crippen LogP contribution in [0, 0.1) is 5.41 Å². The normalized spacial score (nSPS) is 18.9. The van der Waals surface area contributed by atoms with Gasteiger partial charge in [-0.05, 0) is 37.6 Å². The fraction of sp³-hybridized carbons (Fsp3) is 0.933. The number of amides is 1. The molecule has 0 spiro atoms. The minimum atomic E-state index is 0.0929. The van der Waals surface area contributed by atoms with Crippen LogP contribution in [0.3, 0.4) is 0 Å². The lowest BCUT2D eigenvalue weighted by molar-refractivity contribution is -0.135. The number of rotatable bonds is 6. The highest BCUT2D eigenvalue weighted by molar-refractivity contribution is 5.77. The van der Waals surface area contributed by atoms with Crippen LogP contribution in [-0.2, 0) is 4.79 Å². The van der Waals surface area contributed by atoms with Gasteiger partial charge in [-0.1, -0.05) is 33.1 Å². The summed E-state index contributed by atoms with van der Waals surface area (Å²) in [6.07, 6.45) is 8.76. The third kappa shape index (κ3) is 3.71. The van der Waals surface area contributed by atoms with Gasteiger partial charge >= 0.3 is 0 Å². The second-order valence-electron chi connectivity index (χ2n) is 5.92. The summed E-state index contributed by atoms with van der Waals surface area (Å²) in [6.45, 7) is 4.96. The van der Waals surface area contributed by atoms with Crippen molar-refractivity contribution in [3.05, 3.63) is 0 Å². The summed E-state index contributed by atoms with van der Waals surface area (Å²) in [5.74, 6) is 0.288. The summed E-state index contributed by atoms with van der Waals surface area (Å²) < 4.78 is 0.